The van der Waals surface area contributed by atoms with E-state index in [4.69, 9.17) is 0 Å². The Kier molecular flexibility index (Phi) is 2.49. The third-order valence-electron chi connectivity index (χ3n) is 1.71. The summed E-state index contributed by atoms with van der Waals surface area (Å²) in [5.41, 5.74) is 0.564. The minimum atomic E-state index is -4.71. The highest BCUT2D eigenvalue weighted by Crippen LogP contribution is 2.25. The van der Waals surface area contributed by atoms with Crippen molar-refractivity contribution in [1.29, 1.82) is 0 Å². The third-order valence-corrected chi connectivity index (χ3v) is 2.60. The standard InChI is InChI=1S/C8H4F3IN2O/c9-8(10,11)15-7-1-6-4(2-14-7)5(12)3-13-6/h1-3,13H. The maximum Gasteiger partial charge on any atom is 0.574 e. The first-order chi connectivity index (χ1) is 6.96. The van der Waals surface area contributed by atoms with Crippen LogP contribution in [0.5, 0.6) is 5.88 Å². The van der Waals surface area contributed by atoms with Gasteiger partial charge < -0.3 is 9.72 Å². The van der Waals surface area contributed by atoms with Crippen molar-refractivity contribution in [3.8, 4) is 5.88 Å². The van der Waals surface area contributed by atoms with E-state index in [0.717, 1.165) is 8.96 Å². The Balaban J connectivity index is 2.39. The van der Waals surface area contributed by atoms with Gasteiger partial charge in [-0.1, -0.05) is 0 Å². The maximum absolute atomic E-state index is 11.9. The van der Waals surface area contributed by atoms with Crippen LogP contribution in [0.2, 0.25) is 0 Å². The number of hydrogen-bond acceptors (Lipinski definition) is 2. The van der Waals surface area contributed by atoms with E-state index < -0.39 is 12.2 Å². The van der Waals surface area contributed by atoms with Crippen LogP contribution in [0.3, 0.4) is 0 Å². The number of hydrogen-bond donors (Lipinski definition) is 1. The van der Waals surface area contributed by atoms with E-state index in [2.05, 4.69) is 37.3 Å². The number of halogens is 4. The molecule has 3 nitrogen and oxygen atoms in total. The van der Waals surface area contributed by atoms with Gasteiger partial charge in [-0.2, -0.15) is 0 Å². The number of H-pyrrole nitrogens is 1. The minimum absolute atomic E-state index is 0.465. The lowest BCUT2D eigenvalue weighted by atomic mass is 10.3. The average molecular weight is 328 g/mol. The molecule has 7 heteroatoms. The number of aromatic nitrogens is 2. The molecule has 80 valence electrons. The van der Waals surface area contributed by atoms with Gasteiger partial charge >= 0.3 is 6.36 Å². The summed E-state index contributed by atoms with van der Waals surface area (Å²) in [4.78, 5) is 6.38. The van der Waals surface area contributed by atoms with Crippen molar-refractivity contribution in [2.75, 3.05) is 0 Å². The van der Waals surface area contributed by atoms with Crippen molar-refractivity contribution < 1.29 is 17.9 Å². The van der Waals surface area contributed by atoms with Crippen molar-refractivity contribution in [1.82, 2.24) is 9.97 Å². The number of fused-ring (bicyclic) bond motifs is 1. The van der Waals surface area contributed by atoms with E-state index in [0.29, 0.717) is 5.52 Å². The number of pyridine rings is 1. The fourth-order valence-corrected chi connectivity index (χ4v) is 1.72. The number of nitrogens with zero attached hydrogens (tertiary/aromatic N) is 1. The molecule has 2 rings (SSSR count). The van der Waals surface area contributed by atoms with E-state index in [-0.39, 0.29) is 0 Å². The Hall–Kier alpha value is -0.990. The number of aromatic amines is 1. The molecule has 0 bridgehead atoms. The van der Waals surface area contributed by atoms with Crippen LogP contribution in [0.1, 0.15) is 0 Å². The average Bonchev–Trinajstić information content (AvgIpc) is 2.45. The van der Waals surface area contributed by atoms with Crippen molar-refractivity contribution in [2.45, 2.75) is 6.36 Å². The molecule has 0 unspecified atom stereocenters. The lowest BCUT2D eigenvalue weighted by Gasteiger charge is -2.07. The largest absolute Gasteiger partial charge is 0.574 e. The van der Waals surface area contributed by atoms with E-state index in [1.807, 2.05) is 0 Å². The molecule has 2 heterocycles. The van der Waals surface area contributed by atoms with Gasteiger partial charge in [0, 0.05) is 27.4 Å². The van der Waals surface area contributed by atoms with Crippen LogP contribution in [0.25, 0.3) is 10.9 Å². The summed E-state index contributed by atoms with van der Waals surface area (Å²) in [5.74, 6) is -0.465. The number of ether oxygens (including phenoxy) is 1. The molecule has 0 saturated carbocycles. The Morgan fingerprint density at radius 3 is 2.80 bits per heavy atom. The van der Waals surface area contributed by atoms with E-state index in [9.17, 15) is 13.2 Å². The lowest BCUT2D eigenvalue weighted by Crippen LogP contribution is -2.17. The summed E-state index contributed by atoms with van der Waals surface area (Å²) in [7, 11) is 0. The van der Waals surface area contributed by atoms with Crippen LogP contribution in [0.15, 0.2) is 18.5 Å². The number of nitrogens with one attached hydrogen (secondary N) is 1. The molecule has 0 fully saturated rings. The first-order valence-electron chi connectivity index (χ1n) is 3.84. The Morgan fingerprint density at radius 2 is 2.13 bits per heavy atom. The molecule has 2 aromatic rings. The van der Waals surface area contributed by atoms with Gasteiger partial charge in [0.25, 0.3) is 0 Å². The van der Waals surface area contributed by atoms with Crippen molar-refractivity contribution in [3.63, 3.8) is 0 Å². The van der Waals surface area contributed by atoms with Gasteiger partial charge in [0.1, 0.15) is 0 Å². The highest BCUT2D eigenvalue weighted by molar-refractivity contribution is 14.1. The molecule has 2 aromatic heterocycles. The highest BCUT2D eigenvalue weighted by Gasteiger charge is 2.31. The zero-order valence-corrected chi connectivity index (χ0v) is 9.26. The maximum atomic E-state index is 11.9. The van der Waals surface area contributed by atoms with Crippen LogP contribution in [-0.4, -0.2) is 16.3 Å². The van der Waals surface area contributed by atoms with Crippen LogP contribution in [0, 0.1) is 3.57 Å². The van der Waals surface area contributed by atoms with Crippen LogP contribution in [0.4, 0.5) is 13.2 Å². The van der Waals surface area contributed by atoms with Gasteiger partial charge in [-0.15, -0.1) is 13.2 Å². The number of rotatable bonds is 1. The van der Waals surface area contributed by atoms with Crippen LogP contribution < -0.4 is 4.74 Å². The Labute approximate surface area is 95.8 Å². The second kappa shape index (κ2) is 3.54. The van der Waals surface area contributed by atoms with Gasteiger partial charge in [-0.05, 0) is 22.6 Å². The molecule has 0 radical (unpaired) electrons. The molecule has 0 aliphatic heterocycles. The van der Waals surface area contributed by atoms with Gasteiger partial charge in [-0.3, -0.25) is 0 Å². The van der Waals surface area contributed by atoms with Crippen molar-refractivity contribution in [3.05, 3.63) is 22.0 Å². The van der Waals surface area contributed by atoms with Crippen molar-refractivity contribution in [2.24, 2.45) is 0 Å². The van der Waals surface area contributed by atoms with E-state index in [1.54, 1.807) is 6.20 Å². The SMILES string of the molecule is FC(F)(F)Oc1cc2[nH]cc(I)c2cn1. The summed E-state index contributed by atoms with van der Waals surface area (Å²) < 4.78 is 40.2. The normalized spacial score (nSPS) is 12.0. The first kappa shape index (κ1) is 10.5. The lowest BCUT2D eigenvalue weighted by molar-refractivity contribution is -0.276. The Morgan fingerprint density at radius 1 is 1.40 bits per heavy atom. The molecular weight excluding hydrogens is 324 g/mol. The predicted molar refractivity (Wildman–Crippen MR) is 55.5 cm³/mol. The monoisotopic (exact) mass is 328 g/mol. The fraction of sp³-hybridized carbons (Fsp3) is 0.125. The molecular formula is C8H4F3IN2O. The molecule has 0 aliphatic carbocycles. The second-order valence-corrected chi connectivity index (χ2v) is 3.91. The zero-order valence-electron chi connectivity index (χ0n) is 7.10. The molecule has 0 atom stereocenters. The van der Waals surface area contributed by atoms with Gasteiger partial charge in [0.05, 0.1) is 5.52 Å². The predicted octanol–water partition coefficient (Wildman–Crippen LogP) is 3.07. The highest BCUT2D eigenvalue weighted by atomic mass is 127. The second-order valence-electron chi connectivity index (χ2n) is 2.75. The zero-order chi connectivity index (χ0) is 11.1. The number of alkyl halides is 3. The molecule has 0 saturated heterocycles. The van der Waals surface area contributed by atoms with Gasteiger partial charge in [-0.25, -0.2) is 4.98 Å². The summed E-state index contributed by atoms with van der Waals surface area (Å²) >= 11 is 2.06. The smallest absolute Gasteiger partial charge is 0.388 e. The Bertz CT molecular complexity index is 494. The topological polar surface area (TPSA) is 37.9 Å². The summed E-state index contributed by atoms with van der Waals surface area (Å²) in [6.07, 6.45) is -1.68. The first-order valence-corrected chi connectivity index (χ1v) is 4.92. The summed E-state index contributed by atoms with van der Waals surface area (Å²) in [6, 6.07) is 1.21. The quantitative estimate of drug-likeness (QED) is 0.817. The summed E-state index contributed by atoms with van der Waals surface area (Å²) in [6.45, 7) is 0. The third kappa shape index (κ3) is 2.33. The van der Waals surface area contributed by atoms with Crippen LogP contribution in [-0.2, 0) is 0 Å². The van der Waals surface area contributed by atoms with Crippen LogP contribution >= 0.6 is 22.6 Å². The molecule has 0 aliphatic rings. The fourth-order valence-electron chi connectivity index (χ4n) is 1.14. The molecule has 0 amide bonds. The van der Waals surface area contributed by atoms with E-state index in [1.165, 1.54) is 12.3 Å². The molecule has 0 aromatic carbocycles. The van der Waals surface area contributed by atoms with Gasteiger partial charge in [0.15, 0.2) is 0 Å². The van der Waals surface area contributed by atoms with E-state index >= 15 is 0 Å². The van der Waals surface area contributed by atoms with Gasteiger partial charge in [0.2, 0.25) is 5.88 Å². The minimum Gasteiger partial charge on any atom is -0.388 e. The molecule has 15 heavy (non-hydrogen) atoms. The molecule has 0 spiro atoms. The molecule has 1 N–H and O–H groups in total. The van der Waals surface area contributed by atoms with Crippen molar-refractivity contribution >= 4 is 33.5 Å². The summed E-state index contributed by atoms with van der Waals surface area (Å²) in [5, 5.41) is 0.769.